The molecule has 1 aromatic rings. The Morgan fingerprint density at radius 1 is 1.19 bits per heavy atom. The van der Waals surface area contributed by atoms with Crippen LogP contribution >= 0.6 is 0 Å². The maximum atomic E-state index is 4.61. The van der Waals surface area contributed by atoms with Crippen LogP contribution in [0.5, 0.6) is 0 Å². The van der Waals surface area contributed by atoms with Gasteiger partial charge in [-0.15, -0.1) is 0 Å². The van der Waals surface area contributed by atoms with Crippen molar-refractivity contribution < 1.29 is 0 Å². The van der Waals surface area contributed by atoms with E-state index in [4.69, 9.17) is 0 Å². The summed E-state index contributed by atoms with van der Waals surface area (Å²) in [5.41, 5.74) is 1.28. The predicted octanol–water partition coefficient (Wildman–Crippen LogP) is 3.88. The van der Waals surface area contributed by atoms with Gasteiger partial charge in [0.15, 0.2) is 0 Å². The van der Waals surface area contributed by atoms with Gasteiger partial charge in [-0.1, -0.05) is 27.2 Å². The van der Waals surface area contributed by atoms with Gasteiger partial charge in [-0.3, -0.25) is 0 Å². The van der Waals surface area contributed by atoms with Gasteiger partial charge in [-0.05, 0) is 38.0 Å². The molecular weight excluding hydrogens is 260 g/mol. The molecule has 1 aliphatic rings. The van der Waals surface area contributed by atoms with Gasteiger partial charge in [0.2, 0.25) is 0 Å². The van der Waals surface area contributed by atoms with Crippen molar-refractivity contribution in [2.75, 3.05) is 29.9 Å². The first-order valence-corrected chi connectivity index (χ1v) is 8.62. The first-order chi connectivity index (χ1) is 10.3. The third-order valence-electron chi connectivity index (χ3n) is 4.54. The average Bonchev–Trinajstić information content (AvgIpc) is 2.77. The van der Waals surface area contributed by atoms with E-state index in [0.717, 1.165) is 50.0 Å². The van der Waals surface area contributed by atoms with Crippen molar-refractivity contribution in [3.63, 3.8) is 0 Å². The van der Waals surface area contributed by atoms with Crippen LogP contribution in [0.3, 0.4) is 0 Å². The molecule has 0 aromatic carbocycles. The number of anilines is 2. The fourth-order valence-electron chi connectivity index (χ4n) is 3.18. The molecule has 1 saturated heterocycles. The summed E-state index contributed by atoms with van der Waals surface area (Å²) >= 11 is 0. The quantitative estimate of drug-likeness (QED) is 0.863. The van der Waals surface area contributed by atoms with E-state index in [1.54, 1.807) is 6.33 Å². The zero-order valence-corrected chi connectivity index (χ0v) is 13.9. The Hall–Kier alpha value is -1.32. The van der Waals surface area contributed by atoms with Gasteiger partial charge in [0.05, 0.1) is 0 Å². The first-order valence-electron chi connectivity index (χ1n) is 8.62. The molecule has 1 fully saturated rings. The molecule has 4 heteroatoms. The highest BCUT2D eigenvalue weighted by molar-refractivity contribution is 5.58. The lowest BCUT2D eigenvalue weighted by Crippen LogP contribution is -2.27. The van der Waals surface area contributed by atoms with E-state index in [0.29, 0.717) is 0 Å². The van der Waals surface area contributed by atoms with Crippen LogP contribution in [0, 0.1) is 5.92 Å². The molecule has 0 aliphatic carbocycles. The van der Waals surface area contributed by atoms with Crippen molar-refractivity contribution in [2.24, 2.45) is 5.92 Å². The minimum absolute atomic E-state index is 0.889. The van der Waals surface area contributed by atoms with E-state index in [9.17, 15) is 0 Å². The topological polar surface area (TPSA) is 41.1 Å². The van der Waals surface area contributed by atoms with Crippen molar-refractivity contribution in [3.8, 4) is 0 Å². The van der Waals surface area contributed by atoms with Crippen LogP contribution in [0.2, 0.25) is 0 Å². The molecule has 0 saturated carbocycles. The normalized spacial score (nSPS) is 19.4. The van der Waals surface area contributed by atoms with Crippen LogP contribution in [0.15, 0.2) is 6.33 Å². The smallest absolute Gasteiger partial charge is 0.137 e. The van der Waals surface area contributed by atoms with E-state index < -0.39 is 0 Å². The summed E-state index contributed by atoms with van der Waals surface area (Å²) in [5.74, 6) is 3.07. The molecule has 2 rings (SSSR count). The Morgan fingerprint density at radius 3 is 2.76 bits per heavy atom. The fourth-order valence-corrected chi connectivity index (χ4v) is 3.18. The highest BCUT2D eigenvalue weighted by atomic mass is 15.2. The van der Waals surface area contributed by atoms with Crippen molar-refractivity contribution in [2.45, 2.75) is 59.3 Å². The van der Waals surface area contributed by atoms with Gasteiger partial charge in [0.1, 0.15) is 18.0 Å². The van der Waals surface area contributed by atoms with E-state index in [1.165, 1.54) is 31.2 Å². The van der Waals surface area contributed by atoms with E-state index in [1.807, 2.05) is 0 Å². The van der Waals surface area contributed by atoms with Gasteiger partial charge in [-0.25, -0.2) is 9.97 Å². The maximum absolute atomic E-state index is 4.61. The molecule has 0 radical (unpaired) electrons. The third-order valence-corrected chi connectivity index (χ3v) is 4.54. The standard InChI is InChI=1S/C17H30N4/c1-4-10-18-16-15(6-3)17(20-13-19-16)21-11-7-8-14(5-2)9-12-21/h13-14H,4-12H2,1-3H3,(H,18,19,20). The summed E-state index contributed by atoms with van der Waals surface area (Å²) in [6.07, 6.45) is 9.06. The average molecular weight is 290 g/mol. The minimum Gasteiger partial charge on any atom is -0.370 e. The van der Waals surface area contributed by atoms with Crippen molar-refractivity contribution in [1.29, 1.82) is 0 Å². The Labute approximate surface area is 129 Å². The molecule has 1 atom stereocenters. The van der Waals surface area contributed by atoms with Crippen molar-refractivity contribution >= 4 is 11.6 Å². The number of rotatable bonds is 6. The molecule has 118 valence electrons. The van der Waals surface area contributed by atoms with Crippen molar-refractivity contribution in [3.05, 3.63) is 11.9 Å². The van der Waals surface area contributed by atoms with Crippen LogP contribution in [0.1, 0.15) is 58.4 Å². The SMILES string of the molecule is CCCNc1ncnc(N2CCCC(CC)CC2)c1CC. The number of hydrogen-bond donors (Lipinski definition) is 1. The van der Waals surface area contributed by atoms with E-state index >= 15 is 0 Å². The first kappa shape index (κ1) is 16.1. The lowest BCUT2D eigenvalue weighted by Gasteiger charge is -2.25. The van der Waals surface area contributed by atoms with Gasteiger partial charge in [0.25, 0.3) is 0 Å². The Bertz CT molecular complexity index is 433. The van der Waals surface area contributed by atoms with Crippen LogP contribution in [-0.4, -0.2) is 29.6 Å². The van der Waals surface area contributed by atoms with Gasteiger partial charge in [0, 0.05) is 25.2 Å². The number of nitrogens with one attached hydrogen (secondary N) is 1. The third kappa shape index (κ3) is 4.08. The maximum Gasteiger partial charge on any atom is 0.137 e. The monoisotopic (exact) mass is 290 g/mol. The molecule has 0 bridgehead atoms. The molecule has 1 aliphatic heterocycles. The van der Waals surface area contributed by atoms with Gasteiger partial charge in [-0.2, -0.15) is 0 Å². The summed E-state index contributed by atoms with van der Waals surface area (Å²) in [5, 5.41) is 3.45. The summed E-state index contributed by atoms with van der Waals surface area (Å²) in [6.45, 7) is 9.94. The highest BCUT2D eigenvalue weighted by Gasteiger charge is 2.20. The lowest BCUT2D eigenvalue weighted by molar-refractivity contribution is 0.459. The fraction of sp³-hybridized carbons (Fsp3) is 0.765. The zero-order chi connectivity index (χ0) is 15.1. The number of aromatic nitrogens is 2. The Morgan fingerprint density at radius 2 is 2.05 bits per heavy atom. The van der Waals surface area contributed by atoms with Crippen LogP contribution in [0.25, 0.3) is 0 Å². The van der Waals surface area contributed by atoms with Crippen LogP contribution < -0.4 is 10.2 Å². The van der Waals surface area contributed by atoms with E-state index in [2.05, 4.69) is 41.0 Å². The summed E-state index contributed by atoms with van der Waals surface area (Å²) in [7, 11) is 0. The molecule has 4 nitrogen and oxygen atoms in total. The summed E-state index contributed by atoms with van der Waals surface area (Å²) < 4.78 is 0. The molecule has 2 heterocycles. The molecule has 0 amide bonds. The molecule has 1 aromatic heterocycles. The molecule has 1 N–H and O–H groups in total. The lowest BCUT2D eigenvalue weighted by atomic mass is 9.98. The largest absolute Gasteiger partial charge is 0.370 e. The second kappa shape index (κ2) is 8.20. The highest BCUT2D eigenvalue weighted by Crippen LogP contribution is 2.28. The zero-order valence-electron chi connectivity index (χ0n) is 13.9. The van der Waals surface area contributed by atoms with Gasteiger partial charge < -0.3 is 10.2 Å². The summed E-state index contributed by atoms with van der Waals surface area (Å²) in [6, 6.07) is 0. The second-order valence-electron chi connectivity index (χ2n) is 6.00. The molecular formula is C17H30N4. The molecule has 0 spiro atoms. The van der Waals surface area contributed by atoms with Crippen LogP contribution in [0.4, 0.5) is 11.6 Å². The minimum atomic E-state index is 0.889. The summed E-state index contributed by atoms with van der Waals surface area (Å²) in [4.78, 5) is 11.5. The number of nitrogens with zero attached hydrogens (tertiary/aromatic N) is 3. The predicted molar refractivity (Wildman–Crippen MR) is 90.0 cm³/mol. The van der Waals surface area contributed by atoms with Gasteiger partial charge >= 0.3 is 0 Å². The molecule has 1 unspecified atom stereocenters. The van der Waals surface area contributed by atoms with Crippen LogP contribution in [-0.2, 0) is 6.42 Å². The number of hydrogen-bond acceptors (Lipinski definition) is 4. The second-order valence-corrected chi connectivity index (χ2v) is 6.00. The Balaban J connectivity index is 2.18. The molecule has 21 heavy (non-hydrogen) atoms. The van der Waals surface area contributed by atoms with Crippen molar-refractivity contribution in [1.82, 2.24) is 9.97 Å². The van der Waals surface area contributed by atoms with E-state index in [-0.39, 0.29) is 0 Å². The Kier molecular flexibility index (Phi) is 6.27.